The summed E-state index contributed by atoms with van der Waals surface area (Å²) in [6, 6.07) is 18.3. The molecule has 2 aromatic carbocycles. The van der Waals surface area contributed by atoms with Crippen molar-refractivity contribution >= 4 is 28.1 Å². The van der Waals surface area contributed by atoms with Gasteiger partial charge < -0.3 is 4.90 Å². The second kappa shape index (κ2) is 7.76. The van der Waals surface area contributed by atoms with E-state index in [1.807, 2.05) is 40.6 Å². The van der Waals surface area contributed by atoms with E-state index in [4.69, 9.17) is 0 Å². The Labute approximate surface area is 173 Å². The number of nitrogens with zero attached hydrogens (tertiary/aromatic N) is 3. The fourth-order valence-electron chi connectivity index (χ4n) is 4.28. The summed E-state index contributed by atoms with van der Waals surface area (Å²) in [5.74, 6) is 0.0196. The fourth-order valence-corrected chi connectivity index (χ4v) is 4.90. The number of hydrogen-bond acceptors (Lipinski definition) is 4. The van der Waals surface area contributed by atoms with E-state index in [1.165, 1.54) is 11.1 Å². The van der Waals surface area contributed by atoms with Gasteiger partial charge in [0.15, 0.2) is 0 Å². The number of aromatic nitrogens is 2. The van der Waals surface area contributed by atoms with Crippen molar-refractivity contribution in [1.82, 2.24) is 14.9 Å². The van der Waals surface area contributed by atoms with Crippen molar-refractivity contribution < 1.29 is 4.79 Å². The molecular weight excluding hydrogens is 378 g/mol. The third-order valence-electron chi connectivity index (χ3n) is 5.63. The molecule has 4 nitrogen and oxygen atoms in total. The van der Waals surface area contributed by atoms with Crippen LogP contribution in [-0.2, 0) is 13.0 Å². The van der Waals surface area contributed by atoms with Crippen LogP contribution < -0.4 is 0 Å². The Morgan fingerprint density at radius 2 is 1.93 bits per heavy atom. The molecular formula is C24H21N3OS. The quantitative estimate of drug-likeness (QED) is 0.461. The van der Waals surface area contributed by atoms with E-state index in [0.717, 1.165) is 35.2 Å². The number of thiazole rings is 1. The minimum atomic E-state index is 0.0196. The lowest BCUT2D eigenvalue weighted by atomic mass is 9.86. The molecule has 0 spiro atoms. The second-order valence-corrected chi connectivity index (χ2v) is 8.33. The molecule has 1 aliphatic rings. The average molecular weight is 400 g/mol. The van der Waals surface area contributed by atoms with Crippen LogP contribution in [0.1, 0.15) is 45.4 Å². The third kappa shape index (κ3) is 3.42. The standard InChI is InChI=1S/C24H21N3OS/c28-24(20-11-3-8-18-9-5-13-26-23(18)20)27(16-22-25-14-15-29-22)21-12-4-7-17-6-1-2-10-19(17)21/h1-3,5-6,8-11,13-15,21H,4,7,12,16H2/t21-/m1/s1. The molecule has 0 saturated carbocycles. The van der Waals surface area contributed by atoms with Crippen molar-refractivity contribution in [1.29, 1.82) is 0 Å². The molecule has 0 bridgehead atoms. The summed E-state index contributed by atoms with van der Waals surface area (Å²) in [5.41, 5.74) is 4.02. The lowest BCUT2D eigenvalue weighted by Gasteiger charge is -2.35. The number of pyridine rings is 1. The Morgan fingerprint density at radius 1 is 1.03 bits per heavy atom. The van der Waals surface area contributed by atoms with Crippen LogP contribution in [0.2, 0.25) is 0 Å². The monoisotopic (exact) mass is 399 g/mol. The summed E-state index contributed by atoms with van der Waals surface area (Å²) in [6.45, 7) is 0.513. The molecule has 144 valence electrons. The van der Waals surface area contributed by atoms with Crippen LogP contribution in [0.25, 0.3) is 10.9 Å². The number of carbonyl (C=O) groups is 1. The van der Waals surface area contributed by atoms with Gasteiger partial charge in [0.1, 0.15) is 5.01 Å². The molecule has 0 fully saturated rings. The van der Waals surface area contributed by atoms with Gasteiger partial charge in [0.05, 0.1) is 23.7 Å². The molecule has 5 heteroatoms. The van der Waals surface area contributed by atoms with Crippen LogP contribution in [-0.4, -0.2) is 20.8 Å². The molecule has 2 heterocycles. The zero-order valence-electron chi connectivity index (χ0n) is 16.0. The third-order valence-corrected chi connectivity index (χ3v) is 6.39. The van der Waals surface area contributed by atoms with Gasteiger partial charge in [0.2, 0.25) is 0 Å². The minimum absolute atomic E-state index is 0.0196. The summed E-state index contributed by atoms with van der Waals surface area (Å²) in [4.78, 5) is 24.8. The van der Waals surface area contributed by atoms with Crippen molar-refractivity contribution in [2.45, 2.75) is 31.8 Å². The highest BCUT2D eigenvalue weighted by atomic mass is 32.1. The molecule has 0 saturated heterocycles. The van der Waals surface area contributed by atoms with Crippen molar-refractivity contribution in [3.63, 3.8) is 0 Å². The highest BCUT2D eigenvalue weighted by Crippen LogP contribution is 2.36. The van der Waals surface area contributed by atoms with Crippen LogP contribution in [0.4, 0.5) is 0 Å². The van der Waals surface area contributed by atoms with Gasteiger partial charge in [-0.3, -0.25) is 9.78 Å². The smallest absolute Gasteiger partial charge is 0.256 e. The average Bonchev–Trinajstić information content (AvgIpc) is 3.30. The van der Waals surface area contributed by atoms with Crippen molar-refractivity contribution in [3.05, 3.63) is 94.1 Å². The number of carbonyl (C=O) groups excluding carboxylic acids is 1. The van der Waals surface area contributed by atoms with E-state index in [-0.39, 0.29) is 11.9 Å². The summed E-state index contributed by atoms with van der Waals surface area (Å²) in [5, 5.41) is 3.90. The van der Waals surface area contributed by atoms with E-state index in [1.54, 1.807) is 23.7 Å². The molecule has 29 heavy (non-hydrogen) atoms. The zero-order chi connectivity index (χ0) is 19.6. The first-order chi connectivity index (χ1) is 14.3. The number of aryl methyl sites for hydroxylation is 1. The van der Waals surface area contributed by atoms with E-state index < -0.39 is 0 Å². The molecule has 2 aromatic heterocycles. The minimum Gasteiger partial charge on any atom is -0.325 e. The molecule has 4 aromatic rings. The maximum absolute atomic E-state index is 13.9. The van der Waals surface area contributed by atoms with Gasteiger partial charge in [-0.1, -0.05) is 42.5 Å². The first-order valence-corrected chi connectivity index (χ1v) is 10.8. The number of para-hydroxylation sites is 1. The Bertz CT molecular complexity index is 1150. The summed E-state index contributed by atoms with van der Waals surface area (Å²) in [7, 11) is 0. The topological polar surface area (TPSA) is 46.1 Å². The van der Waals surface area contributed by atoms with Gasteiger partial charge in [0, 0.05) is 23.2 Å². The molecule has 1 aliphatic carbocycles. The normalized spacial score (nSPS) is 15.8. The highest BCUT2D eigenvalue weighted by Gasteiger charge is 2.31. The number of amides is 1. The second-order valence-electron chi connectivity index (χ2n) is 7.35. The maximum atomic E-state index is 13.9. The largest absolute Gasteiger partial charge is 0.325 e. The lowest BCUT2D eigenvalue weighted by Crippen LogP contribution is -2.36. The van der Waals surface area contributed by atoms with Crippen molar-refractivity contribution in [2.75, 3.05) is 0 Å². The zero-order valence-corrected chi connectivity index (χ0v) is 16.8. The first-order valence-electron chi connectivity index (χ1n) is 9.92. The Hall–Kier alpha value is -3.05. The predicted molar refractivity (Wildman–Crippen MR) is 116 cm³/mol. The van der Waals surface area contributed by atoms with Gasteiger partial charge in [0.25, 0.3) is 5.91 Å². The van der Waals surface area contributed by atoms with Gasteiger partial charge in [-0.15, -0.1) is 11.3 Å². The number of benzene rings is 2. The fraction of sp³-hybridized carbons (Fsp3) is 0.208. The lowest BCUT2D eigenvalue weighted by molar-refractivity contribution is 0.0640. The Balaban J connectivity index is 1.60. The summed E-state index contributed by atoms with van der Waals surface area (Å²) >= 11 is 1.59. The number of hydrogen-bond donors (Lipinski definition) is 0. The molecule has 1 amide bonds. The van der Waals surface area contributed by atoms with Gasteiger partial charge in [-0.2, -0.15) is 0 Å². The first kappa shape index (κ1) is 18.0. The van der Waals surface area contributed by atoms with Crippen LogP contribution in [0.5, 0.6) is 0 Å². The van der Waals surface area contributed by atoms with Crippen molar-refractivity contribution in [2.24, 2.45) is 0 Å². The number of fused-ring (bicyclic) bond motifs is 2. The molecule has 0 radical (unpaired) electrons. The van der Waals surface area contributed by atoms with Crippen molar-refractivity contribution in [3.8, 4) is 0 Å². The van der Waals surface area contributed by atoms with E-state index >= 15 is 0 Å². The van der Waals surface area contributed by atoms with Crippen LogP contribution >= 0.6 is 11.3 Å². The van der Waals surface area contributed by atoms with Crippen LogP contribution in [0.3, 0.4) is 0 Å². The van der Waals surface area contributed by atoms with Crippen LogP contribution in [0.15, 0.2) is 72.4 Å². The molecule has 1 atom stereocenters. The van der Waals surface area contributed by atoms with Gasteiger partial charge in [-0.05, 0) is 42.5 Å². The molecule has 0 aliphatic heterocycles. The predicted octanol–water partition coefficient (Wildman–Crippen LogP) is 5.41. The maximum Gasteiger partial charge on any atom is 0.256 e. The SMILES string of the molecule is O=C(c1cccc2cccnc12)N(Cc1nccs1)[C@@H]1CCCc2ccccc21. The van der Waals surface area contributed by atoms with Gasteiger partial charge in [-0.25, -0.2) is 4.98 Å². The molecule has 0 unspecified atom stereocenters. The van der Waals surface area contributed by atoms with E-state index in [0.29, 0.717) is 12.1 Å². The highest BCUT2D eigenvalue weighted by molar-refractivity contribution is 7.09. The van der Waals surface area contributed by atoms with Crippen LogP contribution in [0, 0.1) is 0 Å². The molecule has 0 N–H and O–H groups in total. The Morgan fingerprint density at radius 3 is 2.83 bits per heavy atom. The Kier molecular flexibility index (Phi) is 4.82. The van der Waals surface area contributed by atoms with E-state index in [2.05, 4.69) is 34.2 Å². The van der Waals surface area contributed by atoms with E-state index in [9.17, 15) is 4.79 Å². The number of rotatable bonds is 4. The summed E-state index contributed by atoms with van der Waals surface area (Å²) < 4.78 is 0. The molecule has 5 rings (SSSR count). The summed E-state index contributed by atoms with van der Waals surface area (Å²) in [6.07, 6.45) is 6.67. The van der Waals surface area contributed by atoms with Gasteiger partial charge >= 0.3 is 0 Å².